The summed E-state index contributed by atoms with van der Waals surface area (Å²) in [6, 6.07) is 23.6. The van der Waals surface area contributed by atoms with E-state index in [1.807, 2.05) is 119 Å². The lowest BCUT2D eigenvalue weighted by molar-refractivity contribution is 0.0685. The Kier molecular flexibility index (Phi) is 33.8. The van der Waals surface area contributed by atoms with Gasteiger partial charge in [-0.1, -0.05) is 36.4 Å². The molecular weight excluding hydrogens is 1020 g/mol. The van der Waals surface area contributed by atoms with E-state index < -0.39 is 23.9 Å². The Balaban J connectivity index is 0.000000500. The van der Waals surface area contributed by atoms with Crippen molar-refractivity contribution in [2.75, 3.05) is 79.3 Å². The van der Waals surface area contributed by atoms with E-state index in [1.165, 1.54) is 48.5 Å². The van der Waals surface area contributed by atoms with Crippen molar-refractivity contribution in [3.63, 3.8) is 0 Å². The van der Waals surface area contributed by atoms with E-state index in [0.29, 0.717) is 148 Å². The van der Waals surface area contributed by atoms with E-state index in [2.05, 4.69) is 0 Å². The summed E-state index contributed by atoms with van der Waals surface area (Å²) in [6.45, 7) is 27.2. The Labute approximate surface area is 457 Å². The number of ether oxygens (including phenoxy) is 12. The molecule has 0 bridgehead atoms. The molecule has 0 aliphatic heterocycles. The fourth-order valence-corrected chi connectivity index (χ4v) is 6.43. The molecule has 430 valence electrons. The number of aromatic carboxylic acids is 4. The molecule has 0 aliphatic carbocycles. The van der Waals surface area contributed by atoms with Gasteiger partial charge in [-0.05, 0) is 132 Å². The van der Waals surface area contributed by atoms with Crippen LogP contribution in [0.4, 0.5) is 0 Å². The molecule has 20 heteroatoms. The van der Waals surface area contributed by atoms with E-state index in [-0.39, 0.29) is 22.3 Å². The van der Waals surface area contributed by atoms with Gasteiger partial charge in [0.05, 0.1) is 102 Å². The number of carbonyl (C=O) groups is 4. The third kappa shape index (κ3) is 23.2. The first-order valence-corrected chi connectivity index (χ1v) is 25.7. The zero-order valence-corrected chi connectivity index (χ0v) is 46.9. The minimum atomic E-state index is -1.03. The highest BCUT2D eigenvalue weighted by Gasteiger charge is 2.21. The van der Waals surface area contributed by atoms with Crippen molar-refractivity contribution in [1.82, 2.24) is 0 Å². The van der Waals surface area contributed by atoms with Gasteiger partial charge in [-0.3, -0.25) is 0 Å². The monoisotopic (exact) mass is 1090 g/mol. The third-order valence-corrected chi connectivity index (χ3v) is 9.29. The molecule has 0 saturated heterocycles. The Morgan fingerprint density at radius 1 is 0.244 bits per heavy atom. The Morgan fingerprint density at radius 2 is 0.359 bits per heavy atom. The van der Waals surface area contributed by atoms with Crippen LogP contribution in [0.2, 0.25) is 0 Å². The summed E-state index contributed by atoms with van der Waals surface area (Å²) in [7, 11) is 0. The van der Waals surface area contributed by atoms with E-state index >= 15 is 0 Å². The summed E-state index contributed by atoms with van der Waals surface area (Å²) in [5.74, 6) is 0.821. The van der Waals surface area contributed by atoms with Crippen molar-refractivity contribution >= 4 is 23.9 Å². The normalized spacial score (nSPS) is 9.79. The highest BCUT2D eigenvalue weighted by molar-refractivity contribution is 5.91. The fraction of sp³-hybridized carbons (Fsp3) is 0.414. The molecule has 5 aromatic carbocycles. The van der Waals surface area contributed by atoms with Gasteiger partial charge >= 0.3 is 23.9 Å². The number of rotatable bonds is 28. The summed E-state index contributed by atoms with van der Waals surface area (Å²) in [5, 5.41) is 36.2. The molecule has 0 heterocycles. The molecule has 5 rings (SSSR count). The van der Waals surface area contributed by atoms with Crippen LogP contribution in [-0.4, -0.2) is 124 Å². The van der Waals surface area contributed by atoms with Crippen LogP contribution < -0.4 is 56.8 Å². The summed E-state index contributed by atoms with van der Waals surface area (Å²) in [4.78, 5) is 44.1. The lowest BCUT2D eigenvalue weighted by Gasteiger charge is -2.16. The quantitative estimate of drug-likeness (QED) is 0.0363. The number of carboxylic acids is 4. The molecule has 0 spiro atoms. The van der Waals surface area contributed by atoms with Crippen LogP contribution in [0.3, 0.4) is 0 Å². The van der Waals surface area contributed by atoms with Crippen molar-refractivity contribution in [3.8, 4) is 69.0 Å². The second-order valence-corrected chi connectivity index (χ2v) is 14.8. The molecule has 5 aromatic rings. The van der Waals surface area contributed by atoms with Gasteiger partial charge in [0, 0.05) is 0 Å². The van der Waals surface area contributed by atoms with Crippen molar-refractivity contribution in [3.05, 3.63) is 107 Å². The van der Waals surface area contributed by atoms with Gasteiger partial charge < -0.3 is 77.3 Å². The maximum atomic E-state index is 11.0. The highest BCUT2D eigenvalue weighted by atomic mass is 16.6. The van der Waals surface area contributed by atoms with Gasteiger partial charge in [-0.2, -0.15) is 0 Å². The standard InChI is InChI=1S/4C13H18O5.C6H6/c4*1-4-16-10-7-9(13(14)15)8-11(17-5-2)12(10)18-6-3;1-2-4-6-5-3-1/h4*7-8H,4-6H2,1-3H3,(H,14,15);1-6H. The molecule has 0 unspecified atom stereocenters. The van der Waals surface area contributed by atoms with Crippen molar-refractivity contribution in [2.45, 2.75) is 83.1 Å². The zero-order chi connectivity index (χ0) is 58.4. The maximum Gasteiger partial charge on any atom is 0.335 e. The van der Waals surface area contributed by atoms with Crippen LogP contribution in [0.15, 0.2) is 84.9 Å². The summed E-state index contributed by atoms with van der Waals surface area (Å²) in [5.41, 5.74) is 0.464. The molecule has 0 aliphatic rings. The minimum Gasteiger partial charge on any atom is -0.490 e. The molecule has 0 aromatic heterocycles. The largest absolute Gasteiger partial charge is 0.490 e. The Bertz CT molecular complexity index is 2090. The molecular formula is C58H78O20. The van der Waals surface area contributed by atoms with Gasteiger partial charge in [0.1, 0.15) is 0 Å². The zero-order valence-electron chi connectivity index (χ0n) is 46.9. The SMILES string of the molecule is CCOc1cc(C(=O)O)cc(OCC)c1OCC.CCOc1cc(C(=O)O)cc(OCC)c1OCC.CCOc1cc(C(=O)O)cc(OCC)c1OCC.CCOc1cc(C(=O)O)cc(OCC)c1OCC.c1ccccc1. The van der Waals surface area contributed by atoms with Crippen LogP contribution in [0, 0.1) is 0 Å². The average Bonchev–Trinajstić information content (AvgIpc) is 3.41. The first-order valence-electron chi connectivity index (χ1n) is 25.7. The predicted molar refractivity (Wildman–Crippen MR) is 294 cm³/mol. The van der Waals surface area contributed by atoms with Crippen LogP contribution in [0.5, 0.6) is 69.0 Å². The van der Waals surface area contributed by atoms with Gasteiger partial charge in [0.15, 0.2) is 46.0 Å². The van der Waals surface area contributed by atoms with Crippen molar-refractivity contribution in [2.24, 2.45) is 0 Å². The van der Waals surface area contributed by atoms with E-state index in [1.54, 1.807) is 0 Å². The summed E-state index contributed by atoms with van der Waals surface area (Å²) < 4.78 is 65.1. The van der Waals surface area contributed by atoms with Crippen molar-refractivity contribution < 1.29 is 96.4 Å². The first-order chi connectivity index (χ1) is 37.5. The van der Waals surface area contributed by atoms with Crippen LogP contribution in [-0.2, 0) is 0 Å². The number of hydrogen-bond donors (Lipinski definition) is 4. The molecule has 78 heavy (non-hydrogen) atoms. The molecule has 0 atom stereocenters. The van der Waals surface area contributed by atoms with Crippen molar-refractivity contribution in [1.29, 1.82) is 0 Å². The molecule has 20 nitrogen and oxygen atoms in total. The summed E-state index contributed by atoms with van der Waals surface area (Å²) >= 11 is 0. The molecule has 0 saturated carbocycles. The van der Waals surface area contributed by atoms with Crippen LogP contribution >= 0.6 is 0 Å². The second kappa shape index (κ2) is 39.0. The topological polar surface area (TPSA) is 260 Å². The maximum absolute atomic E-state index is 11.0. The van der Waals surface area contributed by atoms with Crippen LogP contribution in [0.1, 0.15) is 125 Å². The first kappa shape index (κ1) is 67.6. The summed E-state index contributed by atoms with van der Waals surface area (Å²) in [6.07, 6.45) is 0. The highest BCUT2D eigenvalue weighted by Crippen LogP contribution is 2.42. The lowest BCUT2D eigenvalue weighted by atomic mass is 10.2. The average molecular weight is 1100 g/mol. The smallest absolute Gasteiger partial charge is 0.335 e. The van der Waals surface area contributed by atoms with E-state index in [4.69, 9.17) is 77.3 Å². The second-order valence-electron chi connectivity index (χ2n) is 14.8. The van der Waals surface area contributed by atoms with E-state index in [9.17, 15) is 19.2 Å². The van der Waals surface area contributed by atoms with Gasteiger partial charge in [0.2, 0.25) is 23.0 Å². The number of benzene rings is 5. The van der Waals surface area contributed by atoms with Crippen LogP contribution in [0.25, 0.3) is 0 Å². The Hall–Kier alpha value is -8.42. The number of carboxylic acid groups (broad SMARTS) is 4. The fourth-order valence-electron chi connectivity index (χ4n) is 6.43. The molecule has 0 fully saturated rings. The lowest BCUT2D eigenvalue weighted by Crippen LogP contribution is -2.05. The minimum absolute atomic E-state index is 0.116. The van der Waals surface area contributed by atoms with Gasteiger partial charge in [-0.15, -0.1) is 0 Å². The van der Waals surface area contributed by atoms with Gasteiger partial charge in [-0.25, -0.2) is 19.2 Å². The van der Waals surface area contributed by atoms with E-state index in [0.717, 1.165) is 0 Å². The Morgan fingerprint density at radius 3 is 0.449 bits per heavy atom. The van der Waals surface area contributed by atoms with Gasteiger partial charge in [0.25, 0.3) is 0 Å². The molecule has 0 radical (unpaired) electrons. The third-order valence-electron chi connectivity index (χ3n) is 9.29. The molecule has 0 amide bonds. The predicted octanol–water partition coefficient (Wildman–Crippen LogP) is 12.0. The molecule has 4 N–H and O–H groups in total. The number of hydrogen-bond acceptors (Lipinski definition) is 16.